The molecule has 0 radical (unpaired) electrons. The highest BCUT2D eigenvalue weighted by Crippen LogP contribution is 2.15. The smallest absolute Gasteiger partial charge is 0.355 e. The van der Waals surface area contributed by atoms with Crippen LogP contribution in [0.25, 0.3) is 0 Å². The predicted molar refractivity (Wildman–Crippen MR) is 87.6 cm³/mol. The van der Waals surface area contributed by atoms with Gasteiger partial charge < -0.3 is 10.2 Å². The summed E-state index contributed by atoms with van der Waals surface area (Å²) in [6.45, 7) is 2.49. The Morgan fingerprint density at radius 3 is 2.30 bits per heavy atom. The summed E-state index contributed by atoms with van der Waals surface area (Å²) >= 11 is 0. The first kappa shape index (κ1) is 19.3. The van der Waals surface area contributed by atoms with Gasteiger partial charge in [0.05, 0.1) is 6.54 Å². The van der Waals surface area contributed by atoms with Crippen LogP contribution in [0.4, 0.5) is 13.2 Å². The predicted octanol–water partition coefficient (Wildman–Crippen LogP) is 2.50. The number of nitrogens with zero attached hydrogens (tertiary/aromatic N) is 3. The molecule has 1 N–H and O–H groups in total. The summed E-state index contributed by atoms with van der Waals surface area (Å²) in [4.78, 5) is 7.34. The molecular weight excluding hydrogens is 305 g/mol. The van der Waals surface area contributed by atoms with Gasteiger partial charge in [-0.05, 0) is 19.5 Å². The van der Waals surface area contributed by atoms with Gasteiger partial charge in [-0.1, -0.05) is 29.8 Å². The standard InChI is InChI=1S/C16H25F3N4/c1-13-5-7-14(8-6-13)11-23(4)15(20-2)21-9-10-22(3)12-16(17,18)19/h5-8H,9-12H2,1-4H3,(H,20,21). The SMILES string of the molecule is CN=C(NCCN(C)CC(F)(F)F)N(C)Cc1ccc(C)cc1. The van der Waals surface area contributed by atoms with Crippen LogP contribution in [0, 0.1) is 6.92 Å². The second-order valence-electron chi connectivity index (χ2n) is 5.67. The number of aliphatic imine (C=N–C) groups is 1. The maximum atomic E-state index is 12.3. The van der Waals surface area contributed by atoms with Gasteiger partial charge in [-0.3, -0.25) is 9.89 Å². The molecule has 0 bridgehead atoms. The summed E-state index contributed by atoms with van der Waals surface area (Å²) < 4.78 is 36.8. The molecule has 7 heteroatoms. The fraction of sp³-hybridized carbons (Fsp3) is 0.562. The van der Waals surface area contributed by atoms with Crippen molar-refractivity contribution < 1.29 is 13.2 Å². The lowest BCUT2D eigenvalue weighted by atomic mass is 10.1. The van der Waals surface area contributed by atoms with E-state index in [-0.39, 0.29) is 6.54 Å². The fourth-order valence-corrected chi connectivity index (χ4v) is 2.17. The zero-order valence-electron chi connectivity index (χ0n) is 14.1. The number of guanidine groups is 1. The molecule has 0 spiro atoms. The Morgan fingerprint density at radius 2 is 1.78 bits per heavy atom. The average Bonchev–Trinajstić information content (AvgIpc) is 2.44. The second-order valence-corrected chi connectivity index (χ2v) is 5.67. The average molecular weight is 330 g/mol. The van der Waals surface area contributed by atoms with Crippen LogP contribution < -0.4 is 5.32 Å². The number of hydrogen-bond acceptors (Lipinski definition) is 2. The molecular formula is C16H25F3N4. The van der Waals surface area contributed by atoms with Gasteiger partial charge in [0, 0.05) is 33.7 Å². The minimum atomic E-state index is -4.17. The van der Waals surface area contributed by atoms with Crippen molar-refractivity contribution in [1.29, 1.82) is 0 Å². The largest absolute Gasteiger partial charge is 0.401 e. The van der Waals surface area contributed by atoms with E-state index in [1.807, 2.05) is 31.0 Å². The molecule has 1 rings (SSSR count). The normalized spacial score (nSPS) is 12.6. The summed E-state index contributed by atoms with van der Waals surface area (Å²) in [5.41, 5.74) is 2.35. The lowest BCUT2D eigenvalue weighted by Crippen LogP contribution is -2.43. The van der Waals surface area contributed by atoms with E-state index in [2.05, 4.69) is 22.4 Å². The third kappa shape index (κ3) is 7.88. The van der Waals surface area contributed by atoms with Crippen molar-refractivity contribution in [2.24, 2.45) is 4.99 Å². The molecule has 0 saturated carbocycles. The highest BCUT2D eigenvalue weighted by atomic mass is 19.4. The third-order valence-electron chi connectivity index (χ3n) is 3.34. The molecule has 4 nitrogen and oxygen atoms in total. The second kappa shape index (κ2) is 8.76. The van der Waals surface area contributed by atoms with E-state index in [1.54, 1.807) is 7.05 Å². The molecule has 0 amide bonds. The van der Waals surface area contributed by atoms with Gasteiger partial charge >= 0.3 is 6.18 Å². The summed E-state index contributed by atoms with van der Waals surface area (Å²) in [7, 11) is 5.01. The van der Waals surface area contributed by atoms with Gasteiger partial charge in [-0.2, -0.15) is 13.2 Å². The molecule has 0 saturated heterocycles. The van der Waals surface area contributed by atoms with Gasteiger partial charge in [0.2, 0.25) is 0 Å². The fourth-order valence-electron chi connectivity index (χ4n) is 2.17. The quantitative estimate of drug-likeness (QED) is 0.642. The number of hydrogen-bond donors (Lipinski definition) is 1. The van der Waals surface area contributed by atoms with Crippen LogP contribution in [0.15, 0.2) is 29.3 Å². The third-order valence-corrected chi connectivity index (χ3v) is 3.34. The number of rotatable bonds is 6. The van der Waals surface area contributed by atoms with Crippen LogP contribution >= 0.6 is 0 Å². The maximum absolute atomic E-state index is 12.3. The van der Waals surface area contributed by atoms with Crippen LogP contribution in [0.3, 0.4) is 0 Å². The van der Waals surface area contributed by atoms with Crippen LogP contribution in [0.2, 0.25) is 0 Å². The summed E-state index contributed by atoms with van der Waals surface area (Å²) in [6, 6.07) is 8.20. The van der Waals surface area contributed by atoms with E-state index in [1.165, 1.54) is 17.5 Å². The maximum Gasteiger partial charge on any atom is 0.401 e. The molecule has 0 aliphatic rings. The van der Waals surface area contributed by atoms with Crippen molar-refractivity contribution in [2.45, 2.75) is 19.6 Å². The Morgan fingerprint density at radius 1 is 1.17 bits per heavy atom. The lowest BCUT2D eigenvalue weighted by molar-refractivity contribution is -0.142. The zero-order valence-corrected chi connectivity index (χ0v) is 14.1. The molecule has 23 heavy (non-hydrogen) atoms. The van der Waals surface area contributed by atoms with Crippen molar-refractivity contribution in [3.05, 3.63) is 35.4 Å². The Labute approximate surface area is 136 Å². The van der Waals surface area contributed by atoms with Crippen molar-refractivity contribution in [3.63, 3.8) is 0 Å². The van der Waals surface area contributed by atoms with Crippen molar-refractivity contribution in [1.82, 2.24) is 15.1 Å². The minimum Gasteiger partial charge on any atom is -0.355 e. The summed E-state index contributed by atoms with van der Waals surface area (Å²) in [6.07, 6.45) is -4.17. The molecule has 1 aromatic rings. The molecule has 0 heterocycles. The van der Waals surface area contributed by atoms with Crippen molar-refractivity contribution in [2.75, 3.05) is 40.8 Å². The van der Waals surface area contributed by atoms with E-state index < -0.39 is 12.7 Å². The Hall–Kier alpha value is -1.76. The van der Waals surface area contributed by atoms with Crippen molar-refractivity contribution >= 4 is 5.96 Å². The highest BCUT2D eigenvalue weighted by Gasteiger charge is 2.28. The zero-order chi connectivity index (χ0) is 17.5. The van der Waals surface area contributed by atoms with E-state index >= 15 is 0 Å². The first-order valence-corrected chi connectivity index (χ1v) is 7.44. The number of alkyl halides is 3. The summed E-state index contributed by atoms with van der Waals surface area (Å²) in [5, 5.41) is 3.08. The van der Waals surface area contributed by atoms with Gasteiger partial charge in [0.15, 0.2) is 5.96 Å². The molecule has 0 aromatic heterocycles. The highest BCUT2D eigenvalue weighted by molar-refractivity contribution is 5.79. The number of halogens is 3. The van der Waals surface area contributed by atoms with E-state index in [9.17, 15) is 13.2 Å². The summed E-state index contributed by atoms with van der Waals surface area (Å²) in [5.74, 6) is 0.658. The van der Waals surface area contributed by atoms with Gasteiger partial charge in [-0.25, -0.2) is 0 Å². The molecule has 0 aliphatic carbocycles. The Bertz CT molecular complexity index is 497. The Balaban J connectivity index is 2.43. The van der Waals surface area contributed by atoms with Crippen LogP contribution in [0.5, 0.6) is 0 Å². The number of aryl methyl sites for hydroxylation is 1. The Kier molecular flexibility index (Phi) is 7.35. The number of nitrogens with one attached hydrogen (secondary N) is 1. The topological polar surface area (TPSA) is 30.9 Å². The van der Waals surface area contributed by atoms with Crippen LogP contribution in [-0.4, -0.2) is 62.7 Å². The van der Waals surface area contributed by atoms with Gasteiger partial charge in [-0.15, -0.1) is 0 Å². The van der Waals surface area contributed by atoms with Crippen LogP contribution in [0.1, 0.15) is 11.1 Å². The molecule has 130 valence electrons. The molecule has 1 aromatic carbocycles. The minimum absolute atomic E-state index is 0.289. The first-order valence-electron chi connectivity index (χ1n) is 7.44. The van der Waals surface area contributed by atoms with Gasteiger partial charge in [0.1, 0.15) is 0 Å². The first-order chi connectivity index (χ1) is 10.7. The van der Waals surface area contributed by atoms with E-state index in [4.69, 9.17) is 0 Å². The molecule has 0 unspecified atom stereocenters. The lowest BCUT2D eigenvalue weighted by Gasteiger charge is -2.24. The molecule has 0 fully saturated rings. The van der Waals surface area contributed by atoms with E-state index in [0.29, 0.717) is 19.0 Å². The number of benzene rings is 1. The van der Waals surface area contributed by atoms with Gasteiger partial charge in [0.25, 0.3) is 0 Å². The monoisotopic (exact) mass is 330 g/mol. The molecule has 0 atom stereocenters. The number of likely N-dealkylation sites (N-methyl/N-ethyl adjacent to an activating group) is 1. The molecule has 0 aliphatic heterocycles. The van der Waals surface area contributed by atoms with E-state index in [0.717, 1.165) is 5.56 Å². The van der Waals surface area contributed by atoms with Crippen LogP contribution in [-0.2, 0) is 6.54 Å². The van der Waals surface area contributed by atoms with Crippen molar-refractivity contribution in [3.8, 4) is 0 Å².